The predicted octanol–water partition coefficient (Wildman–Crippen LogP) is 3.35. The molecule has 1 saturated heterocycles. The second-order valence-corrected chi connectivity index (χ2v) is 7.34. The Morgan fingerprint density at radius 1 is 1.15 bits per heavy atom. The van der Waals surface area contributed by atoms with Gasteiger partial charge in [-0.05, 0) is 36.1 Å². The predicted molar refractivity (Wildman–Crippen MR) is 106 cm³/mol. The Bertz CT molecular complexity index is 780. The van der Waals surface area contributed by atoms with E-state index in [0.29, 0.717) is 5.92 Å². The molecule has 142 valence electrons. The third-order valence-corrected chi connectivity index (χ3v) is 4.77. The maximum atomic E-state index is 8.03. The molecule has 3 rings (SSSR count). The second-order valence-electron chi connectivity index (χ2n) is 7.34. The summed E-state index contributed by atoms with van der Waals surface area (Å²) in [6.45, 7) is 8.74. The number of hydrogen-bond acceptors (Lipinski definition) is 6. The van der Waals surface area contributed by atoms with E-state index in [0.717, 1.165) is 56.2 Å². The largest absolute Gasteiger partial charge is 0.368 e. The minimum atomic E-state index is 0.0150. The van der Waals surface area contributed by atoms with Crippen molar-refractivity contribution in [2.45, 2.75) is 26.8 Å². The first-order valence-electron chi connectivity index (χ1n) is 9.39. The Balaban J connectivity index is 1.73. The third-order valence-electron chi connectivity index (χ3n) is 4.77. The Morgan fingerprint density at radius 2 is 1.85 bits per heavy atom. The van der Waals surface area contributed by atoms with E-state index in [-0.39, 0.29) is 5.84 Å². The molecule has 7 heteroatoms. The lowest BCUT2D eigenvalue weighted by Gasteiger charge is -2.36. The van der Waals surface area contributed by atoms with Crippen LogP contribution in [-0.2, 0) is 13.0 Å². The van der Waals surface area contributed by atoms with E-state index < -0.39 is 0 Å². The van der Waals surface area contributed by atoms with E-state index in [1.54, 1.807) is 12.4 Å². The van der Waals surface area contributed by atoms with Gasteiger partial charge >= 0.3 is 0 Å². The van der Waals surface area contributed by atoms with Crippen LogP contribution in [0, 0.1) is 16.9 Å². The number of hydrogen-bond donors (Lipinski definition) is 2. The fraction of sp³-hybridized carbons (Fsp3) is 0.450. The van der Waals surface area contributed by atoms with Crippen LogP contribution in [0.1, 0.15) is 30.8 Å². The summed E-state index contributed by atoms with van der Waals surface area (Å²) in [4.78, 5) is 13.3. The summed E-state index contributed by atoms with van der Waals surface area (Å²) in [6.07, 6.45) is 4.56. The molecule has 27 heavy (non-hydrogen) atoms. The maximum absolute atomic E-state index is 8.03. The van der Waals surface area contributed by atoms with Crippen molar-refractivity contribution in [3.05, 3.63) is 53.6 Å². The van der Waals surface area contributed by atoms with Crippen LogP contribution in [0.25, 0.3) is 0 Å². The Kier molecular flexibility index (Phi) is 6.24. The third kappa shape index (κ3) is 4.95. The molecule has 0 radical (unpaired) electrons. The number of piperazine rings is 1. The van der Waals surface area contributed by atoms with Crippen molar-refractivity contribution in [1.82, 2.24) is 14.9 Å². The zero-order valence-corrected chi connectivity index (χ0v) is 16.0. The van der Waals surface area contributed by atoms with Gasteiger partial charge in [0.15, 0.2) is 5.84 Å². The van der Waals surface area contributed by atoms with Crippen molar-refractivity contribution >= 4 is 11.5 Å². The van der Waals surface area contributed by atoms with E-state index in [1.165, 1.54) is 5.56 Å². The molecule has 0 amide bonds. The van der Waals surface area contributed by atoms with Crippen molar-refractivity contribution in [3.8, 4) is 0 Å². The summed E-state index contributed by atoms with van der Waals surface area (Å²) in [5.41, 5.74) is 10.3. The molecule has 2 heterocycles. The van der Waals surface area contributed by atoms with Crippen molar-refractivity contribution in [2.75, 3.05) is 31.1 Å². The summed E-state index contributed by atoms with van der Waals surface area (Å²) in [5, 5.41) is 11.4. The van der Waals surface area contributed by atoms with Crippen molar-refractivity contribution < 1.29 is 0 Å². The van der Waals surface area contributed by atoms with E-state index in [9.17, 15) is 0 Å². The van der Waals surface area contributed by atoms with Crippen molar-refractivity contribution in [3.63, 3.8) is 0 Å². The summed E-state index contributed by atoms with van der Waals surface area (Å²) >= 11 is 0. The molecule has 2 N–H and O–H groups in total. The van der Waals surface area contributed by atoms with Gasteiger partial charge in [0.2, 0.25) is 0 Å². The molecule has 7 nitrogen and oxygen atoms in total. The van der Waals surface area contributed by atoms with Crippen molar-refractivity contribution in [2.24, 2.45) is 11.0 Å². The first-order valence-corrected chi connectivity index (χ1v) is 9.39. The Labute approximate surface area is 160 Å². The highest BCUT2D eigenvalue weighted by Gasteiger charge is 2.21. The zero-order valence-electron chi connectivity index (χ0n) is 16.0. The highest BCUT2D eigenvalue weighted by atomic mass is 15.3. The molecular weight excluding hydrogens is 338 g/mol. The SMILES string of the molecule is CC(C)Cc1ccc(C(=N)N=N)c(N2CCN(Cc3ncccn3)CC2)c1. The maximum Gasteiger partial charge on any atom is 0.175 e. The standard InChI is InChI=1S/C20H27N7/c1-15(2)12-16-4-5-17(20(21)25-22)18(13-16)27-10-8-26(9-11-27)14-19-23-6-3-7-24-19/h3-7,13,15,21-22H,8-12,14H2,1-2H3. The van der Waals surface area contributed by atoms with Crippen LogP contribution in [0.3, 0.4) is 0 Å². The van der Waals surface area contributed by atoms with Gasteiger partial charge in [0.05, 0.1) is 6.54 Å². The number of amidine groups is 1. The van der Waals surface area contributed by atoms with Crippen LogP contribution in [0.4, 0.5) is 5.69 Å². The molecule has 0 atom stereocenters. The molecule has 0 spiro atoms. The van der Waals surface area contributed by atoms with Gasteiger partial charge in [0, 0.05) is 49.8 Å². The average molecular weight is 365 g/mol. The molecular formula is C20H27N7. The van der Waals surface area contributed by atoms with Crippen LogP contribution in [0.5, 0.6) is 0 Å². The van der Waals surface area contributed by atoms with Crippen LogP contribution < -0.4 is 4.90 Å². The molecule has 1 aliphatic rings. The first kappa shape index (κ1) is 19.1. The Hall–Kier alpha value is -2.67. The average Bonchev–Trinajstić information content (AvgIpc) is 2.68. The van der Waals surface area contributed by atoms with Gasteiger partial charge in [-0.3, -0.25) is 10.3 Å². The topological polar surface area (TPSA) is 92.3 Å². The number of nitrogens with zero attached hydrogens (tertiary/aromatic N) is 5. The molecule has 0 aliphatic carbocycles. The minimum absolute atomic E-state index is 0.0150. The lowest BCUT2D eigenvalue weighted by atomic mass is 9.99. The zero-order chi connectivity index (χ0) is 19.2. The van der Waals surface area contributed by atoms with Crippen molar-refractivity contribution in [1.29, 1.82) is 10.9 Å². The van der Waals surface area contributed by atoms with Crippen LogP contribution >= 0.6 is 0 Å². The van der Waals surface area contributed by atoms with E-state index >= 15 is 0 Å². The van der Waals surface area contributed by atoms with Gasteiger partial charge in [-0.1, -0.05) is 19.9 Å². The van der Waals surface area contributed by atoms with Gasteiger partial charge in [-0.2, -0.15) is 0 Å². The molecule has 0 bridgehead atoms. The summed E-state index contributed by atoms with van der Waals surface area (Å²) in [5.74, 6) is 1.44. The second kappa shape index (κ2) is 8.81. The normalized spacial score (nSPS) is 15.1. The minimum Gasteiger partial charge on any atom is -0.368 e. The number of nitrogens with one attached hydrogen (secondary N) is 2. The summed E-state index contributed by atoms with van der Waals surface area (Å²) in [7, 11) is 0. The monoisotopic (exact) mass is 365 g/mol. The first-order chi connectivity index (χ1) is 13.1. The number of benzene rings is 1. The van der Waals surface area contributed by atoms with Crippen LogP contribution in [0.2, 0.25) is 0 Å². The lowest BCUT2D eigenvalue weighted by Crippen LogP contribution is -2.46. The van der Waals surface area contributed by atoms with Crippen LogP contribution in [-0.4, -0.2) is 46.9 Å². The van der Waals surface area contributed by atoms with Gasteiger partial charge < -0.3 is 4.90 Å². The van der Waals surface area contributed by atoms with Gasteiger partial charge in [-0.15, -0.1) is 5.11 Å². The Morgan fingerprint density at radius 3 is 2.48 bits per heavy atom. The molecule has 1 aromatic heterocycles. The van der Waals surface area contributed by atoms with Crippen LogP contribution in [0.15, 0.2) is 41.8 Å². The van der Waals surface area contributed by atoms with E-state index in [4.69, 9.17) is 10.9 Å². The lowest BCUT2D eigenvalue weighted by molar-refractivity contribution is 0.244. The van der Waals surface area contributed by atoms with E-state index in [2.05, 4.69) is 50.9 Å². The van der Waals surface area contributed by atoms with Gasteiger partial charge in [0.1, 0.15) is 5.82 Å². The van der Waals surface area contributed by atoms with E-state index in [1.807, 2.05) is 12.1 Å². The highest BCUT2D eigenvalue weighted by molar-refractivity contribution is 6.01. The molecule has 0 unspecified atom stereocenters. The molecule has 1 aliphatic heterocycles. The number of rotatable bonds is 6. The van der Waals surface area contributed by atoms with Gasteiger partial charge in [-0.25, -0.2) is 15.5 Å². The number of anilines is 1. The fourth-order valence-corrected chi connectivity index (χ4v) is 3.46. The summed E-state index contributed by atoms with van der Waals surface area (Å²) in [6, 6.07) is 8.00. The quantitative estimate of drug-likeness (QED) is 0.466. The number of aromatic nitrogens is 2. The molecule has 1 fully saturated rings. The summed E-state index contributed by atoms with van der Waals surface area (Å²) < 4.78 is 0. The molecule has 2 aromatic rings. The highest BCUT2D eigenvalue weighted by Crippen LogP contribution is 2.26. The molecule has 0 saturated carbocycles. The fourth-order valence-electron chi connectivity index (χ4n) is 3.46. The molecule has 1 aromatic carbocycles. The van der Waals surface area contributed by atoms with Gasteiger partial charge in [0.25, 0.3) is 0 Å². The smallest absolute Gasteiger partial charge is 0.175 e.